The van der Waals surface area contributed by atoms with Crippen LogP contribution in [0.1, 0.15) is 20.7 Å². The standard InChI is InChI=1S/C25H27Cl2N5O4S/c1-32(13-14-33)12-11-29-37(2,36)20-7-3-17(4-8-20)24(34)30-22-9-5-18(26)15-21(22)25(35)31-23-10-6-19(27)16-28-23/h3-10,15-16,33H,2,11-14H2,1H3,(H,29,36)(H,30,34)(H,28,31,35). The van der Waals surface area contributed by atoms with Gasteiger partial charge in [-0.3, -0.25) is 9.59 Å². The maximum Gasteiger partial charge on any atom is 0.258 e. The number of nitrogens with one attached hydrogen (secondary N) is 3. The maximum absolute atomic E-state index is 13.0. The smallest absolute Gasteiger partial charge is 0.258 e. The Morgan fingerprint density at radius 3 is 2.35 bits per heavy atom. The second kappa shape index (κ2) is 13.0. The molecule has 3 rings (SSSR count). The van der Waals surface area contributed by atoms with Crippen molar-refractivity contribution in [2.75, 3.05) is 43.9 Å². The molecule has 196 valence electrons. The number of anilines is 2. The van der Waals surface area contributed by atoms with Gasteiger partial charge in [0.15, 0.2) is 0 Å². The number of likely N-dealkylation sites (N-methyl/N-ethyl adjacent to an activating group) is 1. The van der Waals surface area contributed by atoms with E-state index in [1.165, 1.54) is 30.5 Å². The largest absolute Gasteiger partial charge is 0.395 e. The minimum atomic E-state index is -2.78. The van der Waals surface area contributed by atoms with Crippen molar-refractivity contribution in [1.82, 2.24) is 14.6 Å². The second-order valence-electron chi connectivity index (χ2n) is 8.08. The summed E-state index contributed by atoms with van der Waals surface area (Å²) >= 11 is 11.9. The van der Waals surface area contributed by atoms with Crippen LogP contribution in [0.15, 0.2) is 65.7 Å². The minimum absolute atomic E-state index is 0.0432. The number of hydrogen-bond donors (Lipinski definition) is 4. The summed E-state index contributed by atoms with van der Waals surface area (Å²) in [6, 6.07) is 13.8. The predicted octanol–water partition coefficient (Wildman–Crippen LogP) is 3.40. The molecule has 0 aliphatic heterocycles. The number of halogens is 2. The van der Waals surface area contributed by atoms with Crippen LogP contribution in [-0.4, -0.2) is 70.2 Å². The molecule has 9 nitrogen and oxygen atoms in total. The van der Waals surface area contributed by atoms with E-state index < -0.39 is 21.5 Å². The van der Waals surface area contributed by atoms with Crippen LogP contribution in [0.4, 0.5) is 11.5 Å². The number of benzene rings is 2. The zero-order valence-electron chi connectivity index (χ0n) is 20.0. The predicted molar refractivity (Wildman–Crippen MR) is 149 cm³/mol. The number of amides is 2. The van der Waals surface area contributed by atoms with Gasteiger partial charge in [0.1, 0.15) is 5.82 Å². The molecule has 1 atom stereocenters. The van der Waals surface area contributed by atoms with Crippen molar-refractivity contribution >= 4 is 62.1 Å². The lowest BCUT2D eigenvalue weighted by Crippen LogP contribution is -2.34. The molecular weight excluding hydrogens is 537 g/mol. The molecule has 2 amide bonds. The molecule has 0 spiro atoms. The lowest BCUT2D eigenvalue weighted by molar-refractivity contribution is 0.102. The summed E-state index contributed by atoms with van der Waals surface area (Å²) in [5.74, 6) is 3.08. The van der Waals surface area contributed by atoms with Crippen LogP contribution in [0.2, 0.25) is 10.0 Å². The third-order valence-electron chi connectivity index (χ3n) is 5.25. The van der Waals surface area contributed by atoms with Gasteiger partial charge in [0, 0.05) is 41.3 Å². The van der Waals surface area contributed by atoms with Crippen LogP contribution in [0.5, 0.6) is 0 Å². The van der Waals surface area contributed by atoms with Crippen molar-refractivity contribution in [1.29, 1.82) is 0 Å². The van der Waals surface area contributed by atoms with Gasteiger partial charge in [0.05, 0.1) is 32.6 Å². The molecule has 3 aromatic rings. The molecule has 0 bridgehead atoms. The molecule has 12 heteroatoms. The van der Waals surface area contributed by atoms with E-state index in [1.807, 2.05) is 11.9 Å². The Labute approximate surface area is 225 Å². The normalized spacial score (nSPS) is 12.7. The van der Waals surface area contributed by atoms with Gasteiger partial charge >= 0.3 is 0 Å². The molecule has 4 N–H and O–H groups in total. The zero-order valence-corrected chi connectivity index (χ0v) is 22.4. The number of aromatic nitrogens is 1. The number of pyridine rings is 1. The Morgan fingerprint density at radius 1 is 1.00 bits per heavy atom. The molecule has 1 aromatic heterocycles. The van der Waals surface area contributed by atoms with Crippen LogP contribution in [0.25, 0.3) is 0 Å². The van der Waals surface area contributed by atoms with E-state index in [9.17, 15) is 13.8 Å². The highest BCUT2D eigenvalue weighted by atomic mass is 35.5. The second-order valence-corrected chi connectivity index (χ2v) is 11.1. The summed E-state index contributed by atoms with van der Waals surface area (Å²) in [7, 11) is -0.932. The highest BCUT2D eigenvalue weighted by Gasteiger charge is 2.17. The molecule has 0 aliphatic carbocycles. The van der Waals surface area contributed by atoms with Crippen LogP contribution >= 0.6 is 23.2 Å². The third kappa shape index (κ3) is 8.26. The van der Waals surface area contributed by atoms with Crippen molar-refractivity contribution in [3.05, 3.63) is 82.0 Å². The molecule has 0 saturated heterocycles. The lowest BCUT2D eigenvalue weighted by atomic mass is 10.1. The fraction of sp³-hybridized carbons (Fsp3) is 0.200. The van der Waals surface area contributed by atoms with E-state index in [0.717, 1.165) is 0 Å². The number of hydrogen-bond acceptors (Lipinski definition) is 6. The van der Waals surface area contributed by atoms with Gasteiger partial charge in [-0.25, -0.2) is 13.9 Å². The third-order valence-corrected chi connectivity index (χ3v) is 7.41. The first-order chi connectivity index (χ1) is 17.6. The number of aliphatic hydroxyl groups is 1. The zero-order chi connectivity index (χ0) is 27.0. The molecule has 0 saturated carbocycles. The van der Waals surface area contributed by atoms with Crippen LogP contribution < -0.4 is 15.4 Å². The lowest BCUT2D eigenvalue weighted by Gasteiger charge is -2.17. The molecule has 0 aliphatic rings. The van der Waals surface area contributed by atoms with E-state index in [4.69, 9.17) is 28.3 Å². The number of carbonyl (C=O) groups is 2. The summed E-state index contributed by atoms with van der Waals surface area (Å²) in [5, 5.41) is 15.1. The van der Waals surface area contributed by atoms with E-state index in [-0.39, 0.29) is 23.7 Å². The number of carbonyl (C=O) groups excluding carboxylic acids is 2. The monoisotopic (exact) mass is 563 g/mol. The molecule has 37 heavy (non-hydrogen) atoms. The van der Waals surface area contributed by atoms with Gasteiger partial charge in [0.25, 0.3) is 11.8 Å². The number of nitrogens with zero attached hydrogens (tertiary/aromatic N) is 2. The van der Waals surface area contributed by atoms with Gasteiger partial charge in [-0.15, -0.1) is 0 Å². The average Bonchev–Trinajstić information content (AvgIpc) is 2.86. The van der Waals surface area contributed by atoms with Crippen molar-refractivity contribution in [2.24, 2.45) is 0 Å². The number of aliphatic hydroxyl groups excluding tert-OH is 1. The molecule has 1 heterocycles. The van der Waals surface area contributed by atoms with Crippen molar-refractivity contribution in [3.63, 3.8) is 0 Å². The van der Waals surface area contributed by atoms with Crippen molar-refractivity contribution in [3.8, 4) is 0 Å². The first-order valence-electron chi connectivity index (χ1n) is 11.1. The Balaban J connectivity index is 1.69. The molecular formula is C25H27Cl2N5O4S. The topological polar surface area (TPSA) is 124 Å². The first kappa shape index (κ1) is 28.6. The van der Waals surface area contributed by atoms with Gasteiger partial charge in [0.2, 0.25) is 0 Å². The average molecular weight is 564 g/mol. The van der Waals surface area contributed by atoms with Crippen LogP contribution in [0.3, 0.4) is 0 Å². The Hall–Kier alpha value is -2.99. The van der Waals surface area contributed by atoms with Gasteiger partial charge in [-0.05, 0) is 67.5 Å². The van der Waals surface area contributed by atoms with E-state index in [2.05, 4.69) is 26.2 Å². The Morgan fingerprint density at radius 2 is 1.70 bits per heavy atom. The van der Waals surface area contributed by atoms with E-state index >= 15 is 0 Å². The summed E-state index contributed by atoms with van der Waals surface area (Å²) in [6.45, 7) is 1.55. The van der Waals surface area contributed by atoms with Gasteiger partial charge < -0.3 is 20.6 Å². The maximum atomic E-state index is 13.0. The summed E-state index contributed by atoms with van der Waals surface area (Å²) in [4.78, 5) is 32.1. The summed E-state index contributed by atoms with van der Waals surface area (Å²) in [6.07, 6.45) is 1.40. The van der Waals surface area contributed by atoms with Crippen LogP contribution in [-0.2, 0) is 9.71 Å². The Bertz CT molecular complexity index is 1350. The Kier molecular flexibility index (Phi) is 10.0. The van der Waals surface area contributed by atoms with Crippen molar-refractivity contribution < 1.29 is 18.9 Å². The first-order valence-corrected chi connectivity index (χ1v) is 13.6. The van der Waals surface area contributed by atoms with Crippen molar-refractivity contribution in [2.45, 2.75) is 4.90 Å². The van der Waals surface area contributed by atoms with Gasteiger partial charge in [-0.1, -0.05) is 23.2 Å². The highest BCUT2D eigenvalue weighted by Crippen LogP contribution is 2.23. The minimum Gasteiger partial charge on any atom is -0.395 e. The fourth-order valence-corrected chi connectivity index (χ4v) is 4.68. The van der Waals surface area contributed by atoms with E-state index in [0.29, 0.717) is 40.1 Å². The van der Waals surface area contributed by atoms with Gasteiger partial charge in [-0.2, -0.15) is 0 Å². The summed E-state index contributed by atoms with van der Waals surface area (Å²) < 4.78 is 15.9. The molecule has 2 aromatic carbocycles. The molecule has 1 unspecified atom stereocenters. The highest BCUT2D eigenvalue weighted by molar-refractivity contribution is 7.98. The molecule has 0 fully saturated rings. The molecule has 0 radical (unpaired) electrons. The number of rotatable bonds is 11. The SMILES string of the molecule is C=S(=O)(NCCN(C)CCO)c1ccc(C(=O)Nc2ccc(Cl)cc2C(=O)Nc2ccc(Cl)cn2)cc1. The fourth-order valence-electron chi connectivity index (χ4n) is 3.23. The summed E-state index contributed by atoms with van der Waals surface area (Å²) in [5.41, 5.74) is 0.687. The van der Waals surface area contributed by atoms with Crippen LogP contribution in [0, 0.1) is 0 Å². The van der Waals surface area contributed by atoms with E-state index in [1.54, 1.807) is 30.3 Å². The quantitative estimate of drug-likeness (QED) is 0.265.